The molecule has 0 radical (unpaired) electrons. The van der Waals surface area contributed by atoms with Gasteiger partial charge in [0.15, 0.2) is 11.8 Å². The Morgan fingerprint density at radius 1 is 1.10 bits per heavy atom. The molecule has 2 aromatic heterocycles. The van der Waals surface area contributed by atoms with Crippen molar-refractivity contribution in [1.29, 1.82) is 0 Å². The molecule has 162 valence electrons. The number of aliphatic imine (C=N–C) groups is 1. The fourth-order valence-electron chi connectivity index (χ4n) is 3.79. The van der Waals surface area contributed by atoms with Crippen molar-refractivity contribution in [1.82, 2.24) is 25.0 Å². The highest BCUT2D eigenvalue weighted by atomic mass is 127. The van der Waals surface area contributed by atoms with E-state index in [1.54, 1.807) is 12.4 Å². The molecule has 2 N–H and O–H groups in total. The number of rotatable bonds is 5. The normalized spacial score (nSPS) is 24.7. The molecular formula is C19H27IN8O2. The van der Waals surface area contributed by atoms with Crippen molar-refractivity contribution in [3.63, 3.8) is 0 Å². The van der Waals surface area contributed by atoms with Gasteiger partial charge >= 0.3 is 0 Å². The molecular weight excluding hydrogens is 499 g/mol. The second kappa shape index (κ2) is 9.41. The molecule has 2 atom stereocenters. The molecule has 0 unspecified atom stereocenters. The molecule has 0 amide bonds. The highest BCUT2D eigenvalue weighted by Gasteiger charge is 2.34. The van der Waals surface area contributed by atoms with Gasteiger partial charge in [0.05, 0.1) is 12.6 Å². The first-order valence-electron chi connectivity index (χ1n) is 10.3. The van der Waals surface area contributed by atoms with Crippen molar-refractivity contribution in [2.45, 2.75) is 43.8 Å². The van der Waals surface area contributed by atoms with Gasteiger partial charge in [0.25, 0.3) is 5.89 Å². The highest BCUT2D eigenvalue weighted by Crippen LogP contribution is 2.39. The Morgan fingerprint density at radius 2 is 1.87 bits per heavy atom. The number of hydrogen-bond acceptors (Lipinski definition) is 8. The molecule has 5 rings (SSSR count). The SMILES string of the molecule is I.NC(=NC[C@H]1CC[C@@H](c2nc(C3CC3)no2)O1)N1CCN(c2ncccn2)CC1. The Bertz CT molecular complexity index is 851. The molecule has 2 saturated heterocycles. The summed E-state index contributed by atoms with van der Waals surface area (Å²) in [5, 5.41) is 4.08. The first-order chi connectivity index (χ1) is 14.3. The molecule has 30 heavy (non-hydrogen) atoms. The van der Waals surface area contributed by atoms with Gasteiger partial charge in [0.1, 0.15) is 6.10 Å². The molecule has 11 heteroatoms. The summed E-state index contributed by atoms with van der Waals surface area (Å²) in [7, 11) is 0. The minimum Gasteiger partial charge on any atom is -0.370 e. The summed E-state index contributed by atoms with van der Waals surface area (Å²) in [5.74, 6) is 3.25. The van der Waals surface area contributed by atoms with Crippen molar-refractivity contribution >= 4 is 35.9 Å². The fraction of sp³-hybridized carbons (Fsp3) is 0.632. The van der Waals surface area contributed by atoms with Gasteiger partial charge in [-0.15, -0.1) is 24.0 Å². The van der Waals surface area contributed by atoms with Gasteiger partial charge < -0.3 is 24.8 Å². The van der Waals surface area contributed by atoms with E-state index in [1.807, 2.05) is 6.07 Å². The van der Waals surface area contributed by atoms with E-state index in [2.05, 4.69) is 34.9 Å². The number of anilines is 1. The summed E-state index contributed by atoms with van der Waals surface area (Å²) in [6, 6.07) is 1.82. The van der Waals surface area contributed by atoms with Crippen LogP contribution in [0.15, 0.2) is 28.0 Å². The van der Waals surface area contributed by atoms with Crippen LogP contribution in [-0.4, -0.2) is 69.8 Å². The minimum atomic E-state index is -0.120. The van der Waals surface area contributed by atoms with E-state index < -0.39 is 0 Å². The summed E-state index contributed by atoms with van der Waals surface area (Å²) in [6.07, 6.45) is 7.56. The molecule has 3 aliphatic rings. The lowest BCUT2D eigenvalue weighted by Gasteiger charge is -2.35. The lowest BCUT2D eigenvalue weighted by molar-refractivity contribution is 0.0308. The van der Waals surface area contributed by atoms with E-state index in [0.717, 1.165) is 63.6 Å². The maximum Gasteiger partial charge on any atom is 0.255 e. The molecule has 2 aromatic rings. The van der Waals surface area contributed by atoms with Gasteiger partial charge in [0, 0.05) is 44.5 Å². The molecule has 0 aromatic carbocycles. The Balaban J connectivity index is 0.00000218. The van der Waals surface area contributed by atoms with Gasteiger partial charge in [-0.2, -0.15) is 4.98 Å². The van der Waals surface area contributed by atoms with Gasteiger partial charge in [-0.1, -0.05) is 5.16 Å². The van der Waals surface area contributed by atoms with Crippen molar-refractivity contribution in [2.24, 2.45) is 10.7 Å². The van der Waals surface area contributed by atoms with E-state index >= 15 is 0 Å². The summed E-state index contributed by atoms with van der Waals surface area (Å²) < 4.78 is 11.5. The average Bonchev–Trinajstić information content (AvgIpc) is 3.31. The van der Waals surface area contributed by atoms with Gasteiger partial charge in [0.2, 0.25) is 5.95 Å². The summed E-state index contributed by atoms with van der Waals surface area (Å²) in [5.41, 5.74) is 6.23. The van der Waals surface area contributed by atoms with E-state index in [9.17, 15) is 0 Å². The van der Waals surface area contributed by atoms with E-state index in [-0.39, 0.29) is 36.2 Å². The molecule has 0 bridgehead atoms. The topological polar surface area (TPSA) is 119 Å². The number of piperazine rings is 1. The lowest BCUT2D eigenvalue weighted by Crippen LogP contribution is -2.51. The van der Waals surface area contributed by atoms with Crippen LogP contribution in [0.25, 0.3) is 0 Å². The number of halogens is 1. The first-order valence-corrected chi connectivity index (χ1v) is 10.3. The fourth-order valence-corrected chi connectivity index (χ4v) is 3.79. The van der Waals surface area contributed by atoms with E-state index in [0.29, 0.717) is 24.3 Å². The smallest absolute Gasteiger partial charge is 0.255 e. The first kappa shape index (κ1) is 21.2. The van der Waals surface area contributed by atoms with Crippen LogP contribution in [0.3, 0.4) is 0 Å². The Kier molecular flexibility index (Phi) is 6.66. The highest BCUT2D eigenvalue weighted by molar-refractivity contribution is 14.0. The molecule has 10 nitrogen and oxygen atoms in total. The largest absolute Gasteiger partial charge is 0.370 e. The Labute approximate surface area is 192 Å². The molecule has 1 aliphatic carbocycles. The van der Waals surface area contributed by atoms with Crippen molar-refractivity contribution < 1.29 is 9.26 Å². The second-order valence-corrected chi connectivity index (χ2v) is 7.81. The number of hydrogen-bond donors (Lipinski definition) is 1. The number of ether oxygens (including phenoxy) is 1. The zero-order chi connectivity index (χ0) is 19.6. The number of nitrogens with two attached hydrogens (primary N) is 1. The molecule has 4 heterocycles. The van der Waals surface area contributed by atoms with Crippen molar-refractivity contribution in [2.75, 3.05) is 37.6 Å². The molecule has 3 fully saturated rings. The third-order valence-electron chi connectivity index (χ3n) is 5.68. The van der Waals surface area contributed by atoms with Crippen LogP contribution in [0, 0.1) is 0 Å². The predicted octanol–water partition coefficient (Wildman–Crippen LogP) is 1.71. The summed E-state index contributed by atoms with van der Waals surface area (Å²) in [6.45, 7) is 3.79. The van der Waals surface area contributed by atoms with Crippen LogP contribution in [0.1, 0.15) is 49.4 Å². The van der Waals surface area contributed by atoms with Crippen molar-refractivity contribution in [3.8, 4) is 0 Å². The number of aromatic nitrogens is 4. The Hall–Kier alpha value is -2.02. The van der Waals surface area contributed by atoms with Crippen LogP contribution in [0.2, 0.25) is 0 Å². The maximum absolute atomic E-state index is 6.23. The van der Waals surface area contributed by atoms with Crippen LogP contribution < -0.4 is 10.6 Å². The van der Waals surface area contributed by atoms with Crippen LogP contribution in [0.4, 0.5) is 5.95 Å². The van der Waals surface area contributed by atoms with Gasteiger partial charge in [-0.05, 0) is 31.7 Å². The quantitative estimate of drug-likeness (QED) is 0.353. The predicted molar refractivity (Wildman–Crippen MR) is 121 cm³/mol. The van der Waals surface area contributed by atoms with E-state index in [1.165, 1.54) is 0 Å². The molecule has 2 aliphatic heterocycles. The van der Waals surface area contributed by atoms with Crippen LogP contribution >= 0.6 is 24.0 Å². The maximum atomic E-state index is 6.23. The zero-order valence-corrected chi connectivity index (χ0v) is 19.1. The average molecular weight is 526 g/mol. The molecule has 0 spiro atoms. The van der Waals surface area contributed by atoms with Crippen LogP contribution in [0.5, 0.6) is 0 Å². The second-order valence-electron chi connectivity index (χ2n) is 7.81. The molecule has 1 saturated carbocycles. The monoisotopic (exact) mass is 526 g/mol. The van der Waals surface area contributed by atoms with Gasteiger partial charge in [-0.3, -0.25) is 4.99 Å². The van der Waals surface area contributed by atoms with Crippen LogP contribution in [-0.2, 0) is 4.74 Å². The standard InChI is InChI=1S/C19H26N8O2.HI/c20-18(26-8-10-27(11-9-26)19-21-6-1-7-22-19)23-12-14-4-5-15(28-14)17-24-16(25-29-17)13-2-3-13;/h1,6-7,13-15H,2-5,8-12H2,(H2,20,23);1H/t14-,15+;/m1./s1. The summed E-state index contributed by atoms with van der Waals surface area (Å²) >= 11 is 0. The van der Waals surface area contributed by atoms with Crippen molar-refractivity contribution in [3.05, 3.63) is 30.2 Å². The third-order valence-corrected chi connectivity index (χ3v) is 5.68. The number of guanidine groups is 1. The lowest BCUT2D eigenvalue weighted by atomic mass is 10.2. The van der Waals surface area contributed by atoms with E-state index in [4.69, 9.17) is 15.0 Å². The Morgan fingerprint density at radius 3 is 2.60 bits per heavy atom. The summed E-state index contributed by atoms with van der Waals surface area (Å²) in [4.78, 5) is 22.0. The van der Waals surface area contributed by atoms with Gasteiger partial charge in [-0.25, -0.2) is 9.97 Å². The minimum absolute atomic E-state index is 0. The number of nitrogens with zero attached hydrogens (tertiary/aromatic N) is 7. The zero-order valence-electron chi connectivity index (χ0n) is 16.8. The third kappa shape index (κ3) is 4.82.